The smallest absolute Gasteiger partial charge is 0.307 e. The van der Waals surface area contributed by atoms with Crippen LogP contribution >= 0.6 is 0 Å². The van der Waals surface area contributed by atoms with Gasteiger partial charge in [-0.1, -0.05) is 26.7 Å². The number of hydrogen-bond donors (Lipinski definition) is 0. The number of sulfone groups is 1. The Hall–Kier alpha value is -1.41. The predicted octanol–water partition coefficient (Wildman–Crippen LogP) is 2.78. The molecule has 0 bridgehead atoms. The SMILES string of the molecule is CCCCn1c(CN2CCCC[C@@H]2CC(=O)OCC)cnc1S(=O)(=O)CC. The standard InChI is InChI=1S/C19H33N3O4S/c1-4-7-12-22-17(14-20-19(22)27(24,25)6-3)15-21-11-9-8-10-16(21)13-18(23)26-5-2/h14,16H,4-13,15H2,1-3H3/t16-/m1/s1. The molecule has 27 heavy (non-hydrogen) atoms. The minimum absolute atomic E-state index is 0.0464. The second-order valence-electron chi connectivity index (χ2n) is 7.07. The molecule has 1 aliphatic rings. The van der Waals surface area contributed by atoms with Gasteiger partial charge in [0.15, 0.2) is 0 Å². The van der Waals surface area contributed by atoms with Gasteiger partial charge in [-0.05, 0) is 32.7 Å². The van der Waals surface area contributed by atoms with E-state index in [4.69, 9.17) is 4.74 Å². The second kappa shape index (κ2) is 10.2. The largest absolute Gasteiger partial charge is 0.466 e. The summed E-state index contributed by atoms with van der Waals surface area (Å²) in [4.78, 5) is 18.5. The van der Waals surface area contributed by atoms with Gasteiger partial charge in [-0.2, -0.15) is 0 Å². The quantitative estimate of drug-likeness (QED) is 0.563. The molecule has 7 nitrogen and oxygen atoms in total. The molecule has 1 fully saturated rings. The first-order chi connectivity index (χ1) is 12.9. The van der Waals surface area contributed by atoms with Crippen molar-refractivity contribution in [1.29, 1.82) is 0 Å². The number of unbranched alkanes of at least 4 members (excludes halogenated alkanes) is 1. The molecule has 2 heterocycles. The van der Waals surface area contributed by atoms with Gasteiger partial charge in [-0.25, -0.2) is 13.4 Å². The van der Waals surface area contributed by atoms with E-state index >= 15 is 0 Å². The highest BCUT2D eigenvalue weighted by molar-refractivity contribution is 7.91. The molecule has 1 aromatic rings. The van der Waals surface area contributed by atoms with Crippen LogP contribution in [0, 0.1) is 0 Å². The number of likely N-dealkylation sites (tertiary alicyclic amines) is 1. The second-order valence-corrected chi connectivity index (χ2v) is 9.24. The molecule has 0 aromatic carbocycles. The van der Waals surface area contributed by atoms with Crippen molar-refractivity contribution in [2.75, 3.05) is 18.9 Å². The maximum Gasteiger partial charge on any atom is 0.307 e. The molecule has 154 valence electrons. The summed E-state index contributed by atoms with van der Waals surface area (Å²) in [5.41, 5.74) is 0.909. The number of hydrogen-bond acceptors (Lipinski definition) is 6. The first-order valence-electron chi connectivity index (χ1n) is 10.1. The molecule has 2 rings (SSSR count). The number of aromatic nitrogens is 2. The van der Waals surface area contributed by atoms with Crippen molar-refractivity contribution in [2.24, 2.45) is 0 Å². The summed E-state index contributed by atoms with van der Waals surface area (Å²) in [6, 6.07) is 0.138. The Labute approximate surface area is 163 Å². The Morgan fingerprint density at radius 1 is 1.30 bits per heavy atom. The predicted molar refractivity (Wildman–Crippen MR) is 104 cm³/mol. The van der Waals surface area contributed by atoms with Crippen LogP contribution in [-0.4, -0.2) is 53.8 Å². The minimum Gasteiger partial charge on any atom is -0.466 e. The van der Waals surface area contributed by atoms with Gasteiger partial charge in [0.2, 0.25) is 15.0 Å². The number of esters is 1. The molecule has 0 N–H and O–H groups in total. The van der Waals surface area contributed by atoms with Crippen LogP contribution in [0.2, 0.25) is 0 Å². The van der Waals surface area contributed by atoms with E-state index in [0.717, 1.165) is 44.3 Å². The van der Waals surface area contributed by atoms with E-state index in [1.807, 2.05) is 11.5 Å². The lowest BCUT2D eigenvalue weighted by atomic mass is 9.99. The van der Waals surface area contributed by atoms with E-state index in [-0.39, 0.29) is 22.9 Å². The van der Waals surface area contributed by atoms with Crippen molar-refractivity contribution in [3.05, 3.63) is 11.9 Å². The normalized spacial score (nSPS) is 18.6. The van der Waals surface area contributed by atoms with Crippen molar-refractivity contribution < 1.29 is 17.9 Å². The third-order valence-electron chi connectivity index (χ3n) is 5.12. The highest BCUT2D eigenvalue weighted by Gasteiger charge is 2.28. The first kappa shape index (κ1) is 21.9. The molecule has 8 heteroatoms. The van der Waals surface area contributed by atoms with Crippen LogP contribution < -0.4 is 0 Å². The van der Waals surface area contributed by atoms with Gasteiger partial charge < -0.3 is 9.30 Å². The van der Waals surface area contributed by atoms with Crippen LogP contribution in [0.4, 0.5) is 0 Å². The number of piperidine rings is 1. The Morgan fingerprint density at radius 2 is 2.07 bits per heavy atom. The maximum absolute atomic E-state index is 12.4. The molecular weight excluding hydrogens is 366 g/mol. The van der Waals surface area contributed by atoms with Gasteiger partial charge in [-0.3, -0.25) is 9.69 Å². The molecule has 1 aliphatic heterocycles. The van der Waals surface area contributed by atoms with Crippen molar-refractivity contribution in [2.45, 2.75) is 83.6 Å². The van der Waals surface area contributed by atoms with E-state index in [1.54, 1.807) is 13.1 Å². The average Bonchev–Trinajstić information content (AvgIpc) is 3.05. The molecule has 0 spiro atoms. The maximum atomic E-state index is 12.4. The Morgan fingerprint density at radius 3 is 2.74 bits per heavy atom. The summed E-state index contributed by atoms with van der Waals surface area (Å²) in [5.74, 6) is -0.117. The van der Waals surface area contributed by atoms with Crippen molar-refractivity contribution >= 4 is 15.8 Å². The number of ether oxygens (including phenoxy) is 1. The van der Waals surface area contributed by atoms with E-state index in [0.29, 0.717) is 26.1 Å². The molecular formula is C19H33N3O4S. The highest BCUT2D eigenvalue weighted by Crippen LogP contribution is 2.24. The summed E-state index contributed by atoms with van der Waals surface area (Å²) < 4.78 is 31.8. The molecule has 0 saturated carbocycles. The van der Waals surface area contributed by atoms with Crippen LogP contribution in [0.3, 0.4) is 0 Å². The molecule has 1 saturated heterocycles. The van der Waals surface area contributed by atoms with Gasteiger partial charge in [0, 0.05) is 19.1 Å². The Balaban J connectivity index is 2.21. The number of carbonyl (C=O) groups is 1. The van der Waals surface area contributed by atoms with E-state index in [9.17, 15) is 13.2 Å². The van der Waals surface area contributed by atoms with Gasteiger partial charge in [0.05, 0.1) is 30.7 Å². The minimum atomic E-state index is -3.36. The molecule has 0 aliphatic carbocycles. The fourth-order valence-electron chi connectivity index (χ4n) is 3.57. The zero-order valence-corrected chi connectivity index (χ0v) is 17.6. The summed E-state index contributed by atoms with van der Waals surface area (Å²) in [5, 5.41) is 0.174. The Bertz CT molecular complexity index is 715. The number of nitrogens with zero attached hydrogens (tertiary/aromatic N) is 3. The molecule has 0 radical (unpaired) electrons. The van der Waals surface area contributed by atoms with Crippen LogP contribution in [0.25, 0.3) is 0 Å². The lowest BCUT2D eigenvalue weighted by Gasteiger charge is -2.35. The Kier molecular flexibility index (Phi) is 8.28. The zero-order valence-electron chi connectivity index (χ0n) is 16.8. The number of rotatable bonds is 10. The van der Waals surface area contributed by atoms with Crippen LogP contribution in [-0.2, 0) is 32.5 Å². The highest BCUT2D eigenvalue weighted by atomic mass is 32.2. The molecule has 0 amide bonds. The van der Waals surface area contributed by atoms with Crippen LogP contribution in [0.15, 0.2) is 11.4 Å². The third kappa shape index (κ3) is 5.78. The third-order valence-corrected chi connectivity index (χ3v) is 6.76. The fraction of sp³-hybridized carbons (Fsp3) is 0.789. The summed E-state index contributed by atoms with van der Waals surface area (Å²) in [7, 11) is -3.36. The lowest BCUT2D eigenvalue weighted by molar-refractivity contribution is -0.145. The molecule has 1 aromatic heterocycles. The van der Waals surface area contributed by atoms with Crippen molar-refractivity contribution in [3.8, 4) is 0 Å². The fourth-order valence-corrected chi connectivity index (χ4v) is 4.59. The van der Waals surface area contributed by atoms with Crippen molar-refractivity contribution in [3.63, 3.8) is 0 Å². The van der Waals surface area contributed by atoms with E-state index in [2.05, 4.69) is 16.8 Å². The van der Waals surface area contributed by atoms with Gasteiger partial charge >= 0.3 is 5.97 Å². The monoisotopic (exact) mass is 399 g/mol. The molecule has 0 unspecified atom stereocenters. The van der Waals surface area contributed by atoms with E-state index in [1.165, 1.54) is 0 Å². The van der Waals surface area contributed by atoms with Crippen LogP contribution in [0.1, 0.15) is 65.0 Å². The summed E-state index contributed by atoms with van der Waals surface area (Å²) in [6.07, 6.45) is 7.11. The van der Waals surface area contributed by atoms with Crippen molar-refractivity contribution in [1.82, 2.24) is 14.5 Å². The number of carbonyl (C=O) groups excluding carboxylic acids is 1. The van der Waals surface area contributed by atoms with Crippen LogP contribution in [0.5, 0.6) is 0 Å². The summed E-state index contributed by atoms with van der Waals surface area (Å²) >= 11 is 0. The number of imidazole rings is 1. The topological polar surface area (TPSA) is 81.5 Å². The van der Waals surface area contributed by atoms with E-state index < -0.39 is 9.84 Å². The average molecular weight is 400 g/mol. The van der Waals surface area contributed by atoms with Gasteiger partial charge in [0.1, 0.15) is 0 Å². The first-order valence-corrected chi connectivity index (χ1v) is 11.7. The summed E-state index contributed by atoms with van der Waals surface area (Å²) in [6.45, 7) is 8.11. The van der Waals surface area contributed by atoms with Gasteiger partial charge in [-0.15, -0.1) is 0 Å². The molecule has 1 atom stereocenters. The van der Waals surface area contributed by atoms with Gasteiger partial charge in [0.25, 0.3) is 0 Å². The lowest BCUT2D eigenvalue weighted by Crippen LogP contribution is -2.41. The zero-order chi connectivity index (χ0) is 19.9.